The van der Waals surface area contributed by atoms with Crippen molar-refractivity contribution in [1.29, 1.82) is 0 Å². The maximum Gasteiger partial charge on any atom is 0.163 e. The first-order valence-corrected chi connectivity index (χ1v) is 6.91. The van der Waals surface area contributed by atoms with Crippen molar-refractivity contribution in [2.24, 2.45) is 0 Å². The summed E-state index contributed by atoms with van der Waals surface area (Å²) in [4.78, 5) is 15.7. The highest BCUT2D eigenvalue weighted by Gasteiger charge is 2.14. The summed E-state index contributed by atoms with van der Waals surface area (Å²) in [6, 6.07) is 4.16. The van der Waals surface area contributed by atoms with Gasteiger partial charge in [0, 0.05) is 49.6 Å². The summed E-state index contributed by atoms with van der Waals surface area (Å²) in [5, 5.41) is 0. The molecule has 0 unspecified atom stereocenters. The van der Waals surface area contributed by atoms with Gasteiger partial charge in [-0.1, -0.05) is 0 Å². The van der Waals surface area contributed by atoms with Crippen molar-refractivity contribution < 1.29 is 0 Å². The molecule has 5 heteroatoms. The lowest BCUT2D eigenvalue weighted by Crippen LogP contribution is -2.18. The molecule has 4 heterocycles. The van der Waals surface area contributed by atoms with Gasteiger partial charge in [0.05, 0.1) is 0 Å². The molecule has 5 nitrogen and oxygen atoms in total. The van der Waals surface area contributed by atoms with Gasteiger partial charge < -0.3 is 9.30 Å². The topological polar surface area (TPSA) is 46.3 Å². The molecule has 0 amide bonds. The summed E-state index contributed by atoms with van der Waals surface area (Å²) in [7, 11) is 0. The minimum absolute atomic E-state index is 0.864. The number of imidazole rings is 1. The first-order valence-electron chi connectivity index (χ1n) is 6.91. The number of hydrogen-bond donors (Lipinski definition) is 0. The van der Waals surface area contributed by atoms with E-state index in [1.807, 2.05) is 23.0 Å². The maximum atomic E-state index is 4.58. The number of pyridine rings is 1. The van der Waals surface area contributed by atoms with E-state index >= 15 is 0 Å². The predicted octanol–water partition coefficient (Wildman–Crippen LogP) is 2.39. The second-order valence-corrected chi connectivity index (χ2v) is 5.03. The Morgan fingerprint density at radius 1 is 0.900 bits per heavy atom. The molecule has 1 aliphatic heterocycles. The third-order valence-corrected chi connectivity index (χ3v) is 3.76. The Bertz CT molecular complexity index is 725. The SMILES string of the molecule is c1cn2ccnc2c(-c2ccc(N3CCCC3)nc2)n1. The van der Waals surface area contributed by atoms with Gasteiger partial charge in [-0.05, 0) is 25.0 Å². The smallest absolute Gasteiger partial charge is 0.163 e. The molecule has 0 saturated carbocycles. The molecule has 3 aromatic rings. The second kappa shape index (κ2) is 4.59. The van der Waals surface area contributed by atoms with Gasteiger partial charge in [0.2, 0.25) is 0 Å². The molecule has 1 aliphatic rings. The number of nitrogens with zero attached hydrogens (tertiary/aromatic N) is 5. The molecule has 1 fully saturated rings. The van der Waals surface area contributed by atoms with Crippen molar-refractivity contribution in [3.63, 3.8) is 0 Å². The van der Waals surface area contributed by atoms with E-state index in [4.69, 9.17) is 0 Å². The number of aromatic nitrogens is 4. The number of fused-ring (bicyclic) bond motifs is 1. The lowest BCUT2D eigenvalue weighted by Gasteiger charge is -2.16. The molecular formula is C15H15N5. The first-order chi connectivity index (χ1) is 9.92. The normalized spacial score (nSPS) is 15.1. The van der Waals surface area contributed by atoms with E-state index in [0.29, 0.717) is 0 Å². The van der Waals surface area contributed by atoms with Gasteiger partial charge in [0.25, 0.3) is 0 Å². The van der Waals surface area contributed by atoms with Crippen LogP contribution in [0.15, 0.2) is 43.1 Å². The fourth-order valence-electron chi connectivity index (χ4n) is 2.72. The van der Waals surface area contributed by atoms with Gasteiger partial charge in [-0.25, -0.2) is 9.97 Å². The van der Waals surface area contributed by atoms with Gasteiger partial charge in [0.1, 0.15) is 11.5 Å². The van der Waals surface area contributed by atoms with Crippen LogP contribution >= 0.6 is 0 Å². The van der Waals surface area contributed by atoms with Crippen molar-refractivity contribution in [2.75, 3.05) is 18.0 Å². The van der Waals surface area contributed by atoms with Crippen molar-refractivity contribution in [1.82, 2.24) is 19.4 Å². The summed E-state index contributed by atoms with van der Waals surface area (Å²) in [5.41, 5.74) is 2.74. The lowest BCUT2D eigenvalue weighted by atomic mass is 10.2. The van der Waals surface area contributed by atoms with Gasteiger partial charge in [-0.2, -0.15) is 0 Å². The fourth-order valence-corrected chi connectivity index (χ4v) is 2.72. The highest BCUT2D eigenvalue weighted by Crippen LogP contribution is 2.23. The van der Waals surface area contributed by atoms with Crippen LogP contribution in [0.4, 0.5) is 5.82 Å². The zero-order valence-electron chi connectivity index (χ0n) is 11.1. The van der Waals surface area contributed by atoms with Crippen LogP contribution in [0.5, 0.6) is 0 Å². The van der Waals surface area contributed by atoms with Gasteiger partial charge in [0.15, 0.2) is 5.65 Å². The second-order valence-electron chi connectivity index (χ2n) is 5.03. The standard InChI is InChI=1S/C15H15N5/c1-2-8-19(7-1)13-4-3-12(11-18-13)14-15-17-6-10-20(15)9-5-16-14/h3-6,9-11H,1-2,7-8H2. The van der Waals surface area contributed by atoms with E-state index in [1.165, 1.54) is 12.8 Å². The average Bonchev–Trinajstić information content (AvgIpc) is 3.18. The molecule has 0 spiro atoms. The van der Waals surface area contributed by atoms with Gasteiger partial charge >= 0.3 is 0 Å². The van der Waals surface area contributed by atoms with E-state index in [0.717, 1.165) is 35.8 Å². The predicted molar refractivity (Wildman–Crippen MR) is 77.7 cm³/mol. The van der Waals surface area contributed by atoms with E-state index < -0.39 is 0 Å². The van der Waals surface area contributed by atoms with Crippen molar-refractivity contribution >= 4 is 11.5 Å². The van der Waals surface area contributed by atoms with Crippen LogP contribution in [-0.2, 0) is 0 Å². The van der Waals surface area contributed by atoms with Crippen molar-refractivity contribution in [3.05, 3.63) is 43.1 Å². The highest BCUT2D eigenvalue weighted by atomic mass is 15.2. The third kappa shape index (κ3) is 1.82. The highest BCUT2D eigenvalue weighted by molar-refractivity contribution is 5.73. The number of anilines is 1. The molecule has 100 valence electrons. The van der Waals surface area contributed by atoms with Crippen LogP contribution in [0, 0.1) is 0 Å². The summed E-state index contributed by atoms with van der Waals surface area (Å²) >= 11 is 0. The third-order valence-electron chi connectivity index (χ3n) is 3.76. The van der Waals surface area contributed by atoms with Crippen LogP contribution in [0.25, 0.3) is 16.9 Å². The molecular weight excluding hydrogens is 250 g/mol. The molecule has 0 aliphatic carbocycles. The van der Waals surface area contributed by atoms with Crippen LogP contribution in [0.2, 0.25) is 0 Å². The van der Waals surface area contributed by atoms with Crippen LogP contribution in [0.1, 0.15) is 12.8 Å². The van der Waals surface area contributed by atoms with Crippen LogP contribution in [-0.4, -0.2) is 32.4 Å². The van der Waals surface area contributed by atoms with Gasteiger partial charge in [-0.15, -0.1) is 0 Å². The maximum absolute atomic E-state index is 4.58. The Hall–Kier alpha value is -2.43. The van der Waals surface area contributed by atoms with E-state index in [9.17, 15) is 0 Å². The fraction of sp³-hybridized carbons (Fsp3) is 0.267. The molecule has 0 radical (unpaired) electrons. The van der Waals surface area contributed by atoms with E-state index in [-0.39, 0.29) is 0 Å². The molecule has 0 bridgehead atoms. The molecule has 0 aromatic carbocycles. The van der Waals surface area contributed by atoms with Gasteiger partial charge in [-0.3, -0.25) is 4.98 Å². The van der Waals surface area contributed by atoms with Crippen LogP contribution in [0.3, 0.4) is 0 Å². The summed E-state index contributed by atoms with van der Waals surface area (Å²) in [6.45, 7) is 2.22. The molecule has 1 saturated heterocycles. The van der Waals surface area contributed by atoms with Crippen LogP contribution < -0.4 is 4.90 Å². The summed E-state index contributed by atoms with van der Waals surface area (Å²) < 4.78 is 1.97. The van der Waals surface area contributed by atoms with Crippen molar-refractivity contribution in [3.8, 4) is 11.3 Å². The monoisotopic (exact) mass is 265 g/mol. The average molecular weight is 265 g/mol. The quantitative estimate of drug-likeness (QED) is 0.713. The molecule has 4 rings (SSSR count). The Morgan fingerprint density at radius 2 is 1.70 bits per heavy atom. The largest absolute Gasteiger partial charge is 0.357 e. The number of hydrogen-bond acceptors (Lipinski definition) is 4. The zero-order valence-corrected chi connectivity index (χ0v) is 11.1. The Morgan fingerprint density at radius 3 is 2.45 bits per heavy atom. The van der Waals surface area contributed by atoms with Crippen molar-refractivity contribution in [2.45, 2.75) is 12.8 Å². The summed E-state index contributed by atoms with van der Waals surface area (Å²) in [6.07, 6.45) is 11.8. The lowest BCUT2D eigenvalue weighted by molar-refractivity contribution is 0.938. The van der Waals surface area contributed by atoms with E-state index in [2.05, 4.69) is 32.0 Å². The Labute approximate surface area is 116 Å². The molecule has 0 atom stereocenters. The Kier molecular flexibility index (Phi) is 2.62. The molecule has 20 heavy (non-hydrogen) atoms. The Balaban J connectivity index is 1.73. The van der Waals surface area contributed by atoms with E-state index in [1.54, 1.807) is 12.4 Å². The first kappa shape index (κ1) is 11.4. The molecule has 0 N–H and O–H groups in total. The number of rotatable bonds is 2. The minimum Gasteiger partial charge on any atom is -0.357 e. The summed E-state index contributed by atoms with van der Waals surface area (Å²) in [5.74, 6) is 1.06. The zero-order chi connectivity index (χ0) is 13.4. The minimum atomic E-state index is 0.864. The molecule has 3 aromatic heterocycles.